The van der Waals surface area contributed by atoms with Gasteiger partial charge in [-0.25, -0.2) is 14.6 Å². The molecule has 1 rings (SSSR count). The molecule has 0 saturated carbocycles. The van der Waals surface area contributed by atoms with Gasteiger partial charge in [0, 0.05) is 5.38 Å². The second kappa shape index (κ2) is 5.80. The van der Waals surface area contributed by atoms with Gasteiger partial charge in [-0.1, -0.05) is 0 Å². The van der Waals surface area contributed by atoms with Crippen molar-refractivity contribution in [2.75, 3.05) is 13.2 Å². The van der Waals surface area contributed by atoms with Crippen molar-refractivity contribution in [2.24, 2.45) is 5.73 Å². The van der Waals surface area contributed by atoms with Gasteiger partial charge in [-0.15, -0.1) is 11.3 Å². The lowest BCUT2D eigenvalue weighted by Gasteiger charge is -2.02. The van der Waals surface area contributed by atoms with Crippen LogP contribution in [0, 0.1) is 0 Å². The van der Waals surface area contributed by atoms with E-state index in [0.29, 0.717) is 0 Å². The summed E-state index contributed by atoms with van der Waals surface area (Å²) in [5, 5.41) is 12.3. The first-order valence-corrected chi connectivity index (χ1v) is 5.28. The molecule has 0 atom stereocenters. The summed E-state index contributed by atoms with van der Waals surface area (Å²) in [6.07, 6.45) is -0.929. The van der Waals surface area contributed by atoms with Gasteiger partial charge in [0.15, 0.2) is 10.7 Å². The van der Waals surface area contributed by atoms with E-state index in [2.05, 4.69) is 15.0 Å². The Labute approximate surface area is 99.4 Å². The molecule has 0 spiro atoms. The van der Waals surface area contributed by atoms with Crippen molar-refractivity contribution >= 4 is 29.3 Å². The molecule has 9 heteroatoms. The Morgan fingerprint density at radius 2 is 2.24 bits per heavy atom. The quantitative estimate of drug-likeness (QED) is 0.620. The third kappa shape index (κ3) is 4.07. The van der Waals surface area contributed by atoms with E-state index in [9.17, 15) is 14.4 Å². The number of ether oxygens (including phenoxy) is 1. The summed E-state index contributed by atoms with van der Waals surface area (Å²) in [5.74, 6) is -1.73. The smallest absolute Gasteiger partial charge is 0.404 e. The molecule has 1 aromatic rings. The van der Waals surface area contributed by atoms with Crippen LogP contribution in [-0.4, -0.2) is 41.2 Å². The Morgan fingerprint density at radius 1 is 1.53 bits per heavy atom. The summed E-state index contributed by atoms with van der Waals surface area (Å²) in [5.41, 5.74) is 4.52. The number of carbonyl (C=O) groups excluding carboxylic acids is 2. The number of thiazole rings is 1. The molecule has 0 radical (unpaired) electrons. The lowest BCUT2D eigenvalue weighted by atomic mass is 10.5. The van der Waals surface area contributed by atoms with Crippen LogP contribution in [0.25, 0.3) is 0 Å². The number of hydrogen-bond acceptors (Lipinski definition) is 6. The molecule has 4 N–H and O–H groups in total. The Morgan fingerprint density at radius 3 is 2.76 bits per heavy atom. The van der Waals surface area contributed by atoms with Gasteiger partial charge in [0.1, 0.15) is 6.61 Å². The number of nitrogens with one attached hydrogen (secondary N) is 1. The number of rotatable bonds is 5. The maximum atomic E-state index is 11.4. The van der Waals surface area contributed by atoms with Crippen molar-refractivity contribution in [3.8, 4) is 0 Å². The molecule has 17 heavy (non-hydrogen) atoms. The van der Waals surface area contributed by atoms with E-state index >= 15 is 0 Å². The Hall–Kier alpha value is -2.16. The lowest BCUT2D eigenvalue weighted by molar-refractivity contribution is 0.0691. The summed E-state index contributed by atoms with van der Waals surface area (Å²) in [6.45, 7) is 0.0159. The molecule has 0 saturated heterocycles. The van der Waals surface area contributed by atoms with Crippen molar-refractivity contribution in [2.45, 2.75) is 0 Å². The van der Waals surface area contributed by atoms with E-state index in [-0.39, 0.29) is 23.9 Å². The minimum atomic E-state index is -1.20. The van der Waals surface area contributed by atoms with Gasteiger partial charge in [-0.2, -0.15) is 0 Å². The molecule has 8 nitrogen and oxygen atoms in total. The van der Waals surface area contributed by atoms with Gasteiger partial charge >= 0.3 is 12.1 Å². The van der Waals surface area contributed by atoms with Crippen molar-refractivity contribution in [1.82, 2.24) is 10.3 Å². The number of hydrogen-bond donors (Lipinski definition) is 3. The average Bonchev–Trinajstić information content (AvgIpc) is 2.73. The first kappa shape index (κ1) is 12.9. The number of carboxylic acids is 1. The number of nitrogens with two attached hydrogens (primary N) is 1. The highest BCUT2D eigenvalue weighted by molar-refractivity contribution is 7.11. The molecule has 0 aliphatic rings. The van der Waals surface area contributed by atoms with Crippen LogP contribution in [0.3, 0.4) is 0 Å². The SMILES string of the molecule is NC(=O)OCCNC(=O)c1nc(C(=O)O)cs1. The number of amides is 2. The second-order valence-electron chi connectivity index (χ2n) is 2.77. The highest BCUT2D eigenvalue weighted by atomic mass is 32.1. The molecule has 1 aromatic heterocycles. The zero-order valence-electron chi connectivity index (χ0n) is 8.50. The van der Waals surface area contributed by atoms with Gasteiger partial charge in [0.2, 0.25) is 0 Å². The van der Waals surface area contributed by atoms with Crippen molar-refractivity contribution in [1.29, 1.82) is 0 Å². The molecule has 92 valence electrons. The second-order valence-corrected chi connectivity index (χ2v) is 3.62. The fourth-order valence-electron chi connectivity index (χ4n) is 0.868. The standard InChI is InChI=1S/C8H9N3O5S/c9-8(15)16-2-1-10-5(12)6-11-4(3-17-6)7(13)14/h3H,1-2H2,(H2,9,15)(H,10,12)(H,13,14). The van der Waals surface area contributed by atoms with Crippen LogP contribution in [0.5, 0.6) is 0 Å². The van der Waals surface area contributed by atoms with Crippen LogP contribution in [0.2, 0.25) is 0 Å². The maximum absolute atomic E-state index is 11.4. The minimum Gasteiger partial charge on any atom is -0.476 e. The normalized spacial score (nSPS) is 9.65. The summed E-state index contributed by atoms with van der Waals surface area (Å²) in [6, 6.07) is 0. The molecule has 2 amide bonds. The van der Waals surface area contributed by atoms with Crippen molar-refractivity contribution in [3.63, 3.8) is 0 Å². The van der Waals surface area contributed by atoms with E-state index < -0.39 is 18.0 Å². The van der Waals surface area contributed by atoms with Crippen LogP contribution in [0.15, 0.2) is 5.38 Å². The topological polar surface area (TPSA) is 132 Å². The predicted molar refractivity (Wildman–Crippen MR) is 56.9 cm³/mol. The molecule has 0 bridgehead atoms. The van der Waals surface area contributed by atoms with Crippen molar-refractivity contribution < 1.29 is 24.2 Å². The molecule has 0 unspecified atom stereocenters. The molecular weight excluding hydrogens is 250 g/mol. The predicted octanol–water partition coefficient (Wildman–Crippen LogP) is -0.334. The Bertz CT molecular complexity index is 444. The Kier molecular flexibility index (Phi) is 4.40. The monoisotopic (exact) mass is 259 g/mol. The summed E-state index contributed by atoms with van der Waals surface area (Å²) >= 11 is 0.914. The van der Waals surface area contributed by atoms with E-state index in [1.54, 1.807) is 0 Å². The van der Waals surface area contributed by atoms with Crippen LogP contribution in [0.1, 0.15) is 20.3 Å². The fraction of sp³-hybridized carbons (Fsp3) is 0.250. The van der Waals surface area contributed by atoms with Gasteiger partial charge in [-0.05, 0) is 0 Å². The summed E-state index contributed by atoms with van der Waals surface area (Å²) in [4.78, 5) is 35.7. The highest BCUT2D eigenvalue weighted by Crippen LogP contribution is 2.09. The third-order valence-corrected chi connectivity index (χ3v) is 2.39. The first-order valence-electron chi connectivity index (χ1n) is 4.40. The fourth-order valence-corrected chi connectivity index (χ4v) is 1.58. The Balaban J connectivity index is 2.41. The number of carbonyl (C=O) groups is 3. The zero-order chi connectivity index (χ0) is 12.8. The van der Waals surface area contributed by atoms with Gasteiger partial charge in [0.05, 0.1) is 6.54 Å². The van der Waals surface area contributed by atoms with Gasteiger partial charge in [0.25, 0.3) is 5.91 Å². The molecule has 0 aromatic carbocycles. The van der Waals surface area contributed by atoms with Crippen molar-refractivity contribution in [3.05, 3.63) is 16.1 Å². The van der Waals surface area contributed by atoms with E-state index in [0.717, 1.165) is 11.3 Å². The number of aromatic nitrogens is 1. The molecule has 0 aliphatic heterocycles. The average molecular weight is 259 g/mol. The van der Waals surface area contributed by atoms with Crippen LogP contribution in [-0.2, 0) is 4.74 Å². The summed E-state index contributed by atoms with van der Waals surface area (Å²) in [7, 11) is 0. The van der Waals surface area contributed by atoms with E-state index in [4.69, 9.17) is 10.8 Å². The molecule has 0 fully saturated rings. The van der Waals surface area contributed by atoms with Crippen LogP contribution >= 0.6 is 11.3 Å². The molecule has 0 aliphatic carbocycles. The van der Waals surface area contributed by atoms with E-state index in [1.807, 2.05) is 0 Å². The largest absolute Gasteiger partial charge is 0.476 e. The highest BCUT2D eigenvalue weighted by Gasteiger charge is 2.14. The third-order valence-electron chi connectivity index (χ3n) is 1.55. The number of carboxylic acid groups (broad SMARTS) is 1. The van der Waals surface area contributed by atoms with Crippen LogP contribution in [0.4, 0.5) is 4.79 Å². The number of nitrogens with zero attached hydrogens (tertiary/aromatic N) is 1. The minimum absolute atomic E-state index is 0.0291. The van der Waals surface area contributed by atoms with Gasteiger partial charge < -0.3 is 20.9 Å². The first-order chi connectivity index (χ1) is 8.00. The van der Waals surface area contributed by atoms with Gasteiger partial charge in [-0.3, -0.25) is 4.79 Å². The lowest BCUT2D eigenvalue weighted by Crippen LogP contribution is -2.29. The number of primary amides is 1. The zero-order valence-corrected chi connectivity index (χ0v) is 9.32. The van der Waals surface area contributed by atoms with E-state index in [1.165, 1.54) is 5.38 Å². The molecular formula is C8H9N3O5S. The summed E-state index contributed by atoms with van der Waals surface area (Å²) < 4.78 is 4.38. The van der Waals surface area contributed by atoms with Crippen LogP contribution < -0.4 is 11.1 Å². The molecule has 1 heterocycles. The maximum Gasteiger partial charge on any atom is 0.404 e. The number of aromatic carboxylic acids is 1.